The molecule has 0 saturated carbocycles. The van der Waals surface area contributed by atoms with Crippen LogP contribution in [0.4, 0.5) is 0 Å². The first-order valence-electron chi connectivity index (χ1n) is 7.37. The van der Waals surface area contributed by atoms with Gasteiger partial charge in [-0.2, -0.15) is 0 Å². The minimum Gasteiger partial charge on any atom is -0.319 e. The Balaban J connectivity index is 2.46. The van der Waals surface area contributed by atoms with Crippen molar-refractivity contribution in [3.63, 3.8) is 0 Å². The van der Waals surface area contributed by atoms with E-state index in [4.69, 9.17) is 0 Å². The Morgan fingerprint density at radius 2 is 1.94 bits per heavy atom. The lowest BCUT2D eigenvalue weighted by atomic mass is 10.1. The number of piperazine rings is 1. The molecule has 0 aromatic carbocycles. The zero-order valence-electron chi connectivity index (χ0n) is 13.1. The van der Waals surface area contributed by atoms with E-state index >= 15 is 0 Å². The highest BCUT2D eigenvalue weighted by molar-refractivity contribution is 6.82. The minimum atomic E-state index is -1.14. The van der Waals surface area contributed by atoms with Gasteiger partial charge in [-0.3, -0.25) is 0 Å². The Hall–Kier alpha value is 0.0938. The highest BCUT2D eigenvalue weighted by atomic mass is 28.3. The van der Waals surface area contributed by atoms with Crippen molar-refractivity contribution in [1.82, 2.24) is 9.88 Å². The predicted molar refractivity (Wildman–Crippen MR) is 88.4 cm³/mol. The van der Waals surface area contributed by atoms with Crippen molar-refractivity contribution in [3.8, 4) is 0 Å². The molecule has 0 spiro atoms. The molecule has 0 radical (unpaired) electrons. The van der Waals surface area contributed by atoms with E-state index in [1.807, 2.05) is 0 Å². The first kappa shape index (κ1) is 16.1. The van der Waals surface area contributed by atoms with Gasteiger partial charge in [-0.15, -0.1) is 12.3 Å². The lowest BCUT2D eigenvalue weighted by molar-refractivity contribution is 0.247. The summed E-state index contributed by atoms with van der Waals surface area (Å²) < 4.78 is 2.83. The molecule has 1 heterocycles. The van der Waals surface area contributed by atoms with Crippen molar-refractivity contribution < 1.29 is 0 Å². The number of hydrogen-bond acceptors (Lipinski definition) is 2. The van der Waals surface area contributed by atoms with Crippen LogP contribution in [0, 0.1) is 0 Å². The van der Waals surface area contributed by atoms with Gasteiger partial charge >= 0.3 is 0 Å². The molecule has 4 heteroatoms. The molecule has 1 fully saturated rings. The smallest absolute Gasteiger partial charge is 0.119 e. The lowest BCUT2D eigenvalue weighted by Gasteiger charge is -2.44. The van der Waals surface area contributed by atoms with Crippen molar-refractivity contribution in [3.05, 3.63) is 12.3 Å². The van der Waals surface area contributed by atoms with Gasteiger partial charge in [0.25, 0.3) is 0 Å². The molecule has 2 nitrogen and oxygen atoms in total. The third-order valence-electron chi connectivity index (χ3n) is 4.12. The van der Waals surface area contributed by atoms with Crippen LogP contribution in [-0.4, -0.2) is 46.6 Å². The molecule has 0 aliphatic carbocycles. The fraction of sp³-hybridized carbons (Fsp3) is 0.857. The van der Waals surface area contributed by atoms with Crippen molar-refractivity contribution in [2.24, 2.45) is 0 Å². The Morgan fingerprint density at radius 1 is 1.28 bits per heavy atom. The molecule has 1 unspecified atom stereocenters. The molecule has 18 heavy (non-hydrogen) atoms. The summed E-state index contributed by atoms with van der Waals surface area (Å²) >= 11 is 0. The predicted octanol–water partition coefficient (Wildman–Crippen LogP) is 3.31. The maximum atomic E-state index is 4.00. The number of nitrogens with one attached hydrogen (secondary N) is 1. The Labute approximate surface area is 116 Å². The zero-order valence-corrected chi connectivity index (χ0v) is 15.1. The van der Waals surface area contributed by atoms with Gasteiger partial charge in [0.2, 0.25) is 0 Å². The van der Waals surface area contributed by atoms with Gasteiger partial charge < -0.3 is 9.88 Å². The molecule has 1 saturated heterocycles. The van der Waals surface area contributed by atoms with Gasteiger partial charge in [0.15, 0.2) is 0 Å². The van der Waals surface area contributed by atoms with E-state index in [9.17, 15) is 0 Å². The van der Waals surface area contributed by atoms with E-state index < -0.39 is 16.3 Å². The second-order valence-electron chi connectivity index (χ2n) is 7.31. The first-order valence-corrected chi connectivity index (χ1v) is 14.1. The number of hydrogen-bond donors (Lipinski definition) is 1. The monoisotopic (exact) mass is 284 g/mol. The Morgan fingerprint density at radius 3 is 2.50 bits per heavy atom. The summed E-state index contributed by atoms with van der Waals surface area (Å²) in [5.41, 5.74) is 2.24. The SMILES string of the molecule is C=C[Si](C)(C)CCCC1CNCCN1[Si](C)(C)C. The topological polar surface area (TPSA) is 15.3 Å². The van der Waals surface area contributed by atoms with Gasteiger partial charge in [-0.25, -0.2) is 0 Å². The van der Waals surface area contributed by atoms with Crippen molar-refractivity contribution >= 4 is 16.3 Å². The lowest BCUT2D eigenvalue weighted by Crippen LogP contribution is -2.60. The van der Waals surface area contributed by atoms with Crippen LogP contribution in [0.1, 0.15) is 12.8 Å². The maximum absolute atomic E-state index is 4.00. The summed E-state index contributed by atoms with van der Waals surface area (Å²) in [7, 11) is -2.23. The first-order chi connectivity index (χ1) is 8.26. The van der Waals surface area contributed by atoms with Gasteiger partial charge in [0.1, 0.15) is 8.24 Å². The quantitative estimate of drug-likeness (QED) is 0.753. The summed E-state index contributed by atoms with van der Waals surface area (Å²) in [6, 6.07) is 2.17. The van der Waals surface area contributed by atoms with E-state index in [2.05, 4.69) is 54.9 Å². The number of rotatable bonds is 6. The molecule has 0 bridgehead atoms. The molecule has 1 rings (SSSR count). The molecular formula is C14H32N2Si2. The normalized spacial score (nSPS) is 23.1. The van der Waals surface area contributed by atoms with Crippen LogP contribution < -0.4 is 5.32 Å². The van der Waals surface area contributed by atoms with Crippen LogP contribution in [0.5, 0.6) is 0 Å². The fourth-order valence-corrected chi connectivity index (χ4v) is 6.22. The number of nitrogens with zero attached hydrogens (tertiary/aromatic N) is 1. The second-order valence-corrected chi connectivity index (χ2v) is 17.1. The molecule has 106 valence electrons. The minimum absolute atomic E-state index is 0.778. The van der Waals surface area contributed by atoms with E-state index in [0.717, 1.165) is 6.04 Å². The Bertz CT molecular complexity index is 271. The van der Waals surface area contributed by atoms with Crippen LogP contribution in [0.3, 0.4) is 0 Å². The summed E-state index contributed by atoms with van der Waals surface area (Å²) in [5, 5.41) is 3.57. The average Bonchev–Trinajstić information content (AvgIpc) is 2.28. The summed E-state index contributed by atoms with van der Waals surface area (Å²) in [6.45, 7) is 19.9. The molecular weight excluding hydrogens is 252 g/mol. The zero-order chi connectivity index (χ0) is 13.8. The van der Waals surface area contributed by atoms with Crippen LogP contribution >= 0.6 is 0 Å². The molecule has 0 aromatic heterocycles. The summed E-state index contributed by atoms with van der Waals surface area (Å²) in [4.78, 5) is 0. The molecule has 0 aromatic rings. The molecule has 1 N–H and O–H groups in total. The van der Waals surface area contributed by atoms with Crippen LogP contribution in [-0.2, 0) is 0 Å². The van der Waals surface area contributed by atoms with E-state index in [1.54, 1.807) is 0 Å². The van der Waals surface area contributed by atoms with Crippen LogP contribution in [0.25, 0.3) is 0 Å². The summed E-state index contributed by atoms with van der Waals surface area (Å²) in [5.74, 6) is 0. The van der Waals surface area contributed by atoms with E-state index in [1.165, 1.54) is 38.5 Å². The van der Waals surface area contributed by atoms with Crippen molar-refractivity contribution in [2.45, 2.75) is 57.7 Å². The second kappa shape index (κ2) is 6.50. The van der Waals surface area contributed by atoms with Gasteiger partial charge in [0, 0.05) is 25.7 Å². The Kier molecular flexibility index (Phi) is 5.83. The van der Waals surface area contributed by atoms with Gasteiger partial charge in [-0.1, -0.05) is 45.2 Å². The van der Waals surface area contributed by atoms with Crippen molar-refractivity contribution in [2.75, 3.05) is 19.6 Å². The standard InChI is InChI=1S/C14H32N2Si2/c1-7-18(5,6)12-8-9-14-13-15-10-11-16(14)17(2,3)4/h7,14-15H,1,8-13H2,2-6H3. The fourth-order valence-electron chi connectivity index (χ4n) is 2.80. The molecule has 1 aliphatic heterocycles. The van der Waals surface area contributed by atoms with Gasteiger partial charge in [-0.05, 0) is 6.42 Å². The van der Waals surface area contributed by atoms with Crippen LogP contribution in [0.15, 0.2) is 12.3 Å². The molecule has 1 aliphatic rings. The highest BCUT2D eigenvalue weighted by Gasteiger charge is 2.32. The van der Waals surface area contributed by atoms with Gasteiger partial charge in [0.05, 0.1) is 8.07 Å². The highest BCUT2D eigenvalue weighted by Crippen LogP contribution is 2.22. The van der Waals surface area contributed by atoms with Crippen LogP contribution in [0.2, 0.25) is 38.8 Å². The van der Waals surface area contributed by atoms with E-state index in [0.29, 0.717) is 0 Å². The van der Waals surface area contributed by atoms with Crippen molar-refractivity contribution in [1.29, 1.82) is 0 Å². The summed E-state index contributed by atoms with van der Waals surface area (Å²) in [6.07, 6.45) is 2.74. The van der Waals surface area contributed by atoms with E-state index in [-0.39, 0.29) is 0 Å². The molecule has 0 amide bonds. The third kappa shape index (κ3) is 4.99. The average molecular weight is 285 g/mol. The molecule has 1 atom stereocenters. The largest absolute Gasteiger partial charge is 0.319 e. The third-order valence-corrected chi connectivity index (χ3v) is 9.18. The maximum Gasteiger partial charge on any atom is 0.119 e.